The van der Waals surface area contributed by atoms with Gasteiger partial charge < -0.3 is 15.3 Å². The zero-order chi connectivity index (χ0) is 8.81. The van der Waals surface area contributed by atoms with Crippen LogP contribution in [0.15, 0.2) is 0 Å². The third kappa shape index (κ3) is 3.52. The predicted molar refractivity (Wildman–Crippen MR) is 50.2 cm³/mol. The van der Waals surface area contributed by atoms with Crippen LogP contribution in [0.3, 0.4) is 0 Å². The summed E-state index contributed by atoms with van der Waals surface area (Å²) in [5.74, 6) is 0.876. The summed E-state index contributed by atoms with van der Waals surface area (Å²) in [5.41, 5.74) is 0. The lowest BCUT2D eigenvalue weighted by atomic mass is 10.1. The van der Waals surface area contributed by atoms with Gasteiger partial charge in [-0.1, -0.05) is 0 Å². The van der Waals surface area contributed by atoms with E-state index in [1.807, 2.05) is 0 Å². The van der Waals surface area contributed by atoms with Crippen molar-refractivity contribution in [3.05, 3.63) is 0 Å². The van der Waals surface area contributed by atoms with E-state index in [1.165, 1.54) is 25.9 Å². The van der Waals surface area contributed by atoms with Crippen molar-refractivity contribution in [1.82, 2.24) is 10.2 Å². The minimum Gasteiger partial charge on any atom is -0.395 e. The average molecular weight is 172 g/mol. The van der Waals surface area contributed by atoms with Gasteiger partial charge in [0, 0.05) is 13.1 Å². The molecule has 0 radical (unpaired) electrons. The Kier molecular flexibility index (Phi) is 4.58. The molecule has 1 atom stereocenters. The number of nitrogens with zero attached hydrogens (tertiary/aromatic N) is 1. The molecule has 12 heavy (non-hydrogen) atoms. The van der Waals surface area contributed by atoms with Crippen molar-refractivity contribution in [3.63, 3.8) is 0 Å². The molecule has 0 spiro atoms. The highest BCUT2D eigenvalue weighted by Gasteiger charge is 2.18. The molecule has 3 heteroatoms. The Hall–Kier alpha value is -0.120. The topological polar surface area (TPSA) is 35.5 Å². The van der Waals surface area contributed by atoms with Crippen LogP contribution >= 0.6 is 0 Å². The lowest BCUT2D eigenvalue weighted by Gasteiger charge is -2.10. The average Bonchev–Trinajstić information content (AvgIpc) is 2.45. The Bertz CT molecular complexity index is 119. The van der Waals surface area contributed by atoms with Gasteiger partial charge in [0.2, 0.25) is 0 Å². The maximum Gasteiger partial charge on any atom is 0.0555 e. The summed E-state index contributed by atoms with van der Waals surface area (Å²) >= 11 is 0. The van der Waals surface area contributed by atoms with Crippen LogP contribution in [0.4, 0.5) is 0 Å². The van der Waals surface area contributed by atoms with E-state index in [0.29, 0.717) is 0 Å². The molecule has 1 saturated heterocycles. The minimum atomic E-state index is 0.255. The summed E-state index contributed by atoms with van der Waals surface area (Å²) < 4.78 is 0. The van der Waals surface area contributed by atoms with Gasteiger partial charge in [0.05, 0.1) is 6.61 Å². The van der Waals surface area contributed by atoms with Crippen LogP contribution in [0.25, 0.3) is 0 Å². The third-order valence-corrected chi connectivity index (χ3v) is 2.51. The van der Waals surface area contributed by atoms with Gasteiger partial charge in [-0.3, -0.25) is 0 Å². The van der Waals surface area contributed by atoms with Crippen molar-refractivity contribution >= 4 is 0 Å². The van der Waals surface area contributed by atoms with Crippen molar-refractivity contribution in [2.75, 3.05) is 39.8 Å². The van der Waals surface area contributed by atoms with E-state index in [0.717, 1.165) is 19.0 Å². The smallest absolute Gasteiger partial charge is 0.0555 e. The maximum absolute atomic E-state index is 8.53. The Labute approximate surface area is 74.8 Å². The second kappa shape index (κ2) is 5.51. The van der Waals surface area contributed by atoms with Crippen molar-refractivity contribution in [2.24, 2.45) is 5.92 Å². The van der Waals surface area contributed by atoms with Crippen LogP contribution in [-0.4, -0.2) is 49.8 Å². The molecule has 1 unspecified atom stereocenters. The fourth-order valence-electron chi connectivity index (χ4n) is 1.77. The predicted octanol–water partition coefficient (Wildman–Crippen LogP) is -0.0899. The van der Waals surface area contributed by atoms with E-state index in [4.69, 9.17) is 5.11 Å². The summed E-state index contributed by atoms with van der Waals surface area (Å²) in [6, 6.07) is 0. The van der Waals surface area contributed by atoms with E-state index >= 15 is 0 Å². The number of hydrogen-bond acceptors (Lipinski definition) is 3. The van der Waals surface area contributed by atoms with Crippen LogP contribution < -0.4 is 5.32 Å². The molecule has 0 bridgehead atoms. The van der Waals surface area contributed by atoms with Gasteiger partial charge in [-0.2, -0.15) is 0 Å². The minimum absolute atomic E-state index is 0.255. The second-order valence-electron chi connectivity index (χ2n) is 3.68. The lowest BCUT2D eigenvalue weighted by Crippen LogP contribution is -2.22. The molecule has 1 rings (SSSR count). The molecule has 1 heterocycles. The van der Waals surface area contributed by atoms with E-state index < -0.39 is 0 Å². The van der Waals surface area contributed by atoms with Crippen molar-refractivity contribution < 1.29 is 5.11 Å². The van der Waals surface area contributed by atoms with E-state index in [9.17, 15) is 0 Å². The summed E-state index contributed by atoms with van der Waals surface area (Å²) in [5, 5.41) is 11.7. The van der Waals surface area contributed by atoms with Crippen LogP contribution in [0.2, 0.25) is 0 Å². The molecule has 0 aromatic rings. The molecule has 1 fully saturated rings. The number of nitrogens with one attached hydrogen (secondary N) is 1. The van der Waals surface area contributed by atoms with Gasteiger partial charge in [0.15, 0.2) is 0 Å². The highest BCUT2D eigenvalue weighted by atomic mass is 16.3. The summed E-state index contributed by atoms with van der Waals surface area (Å²) in [6.45, 7) is 4.55. The fourth-order valence-corrected chi connectivity index (χ4v) is 1.77. The summed E-state index contributed by atoms with van der Waals surface area (Å²) in [7, 11) is 2.18. The van der Waals surface area contributed by atoms with Crippen LogP contribution in [0.5, 0.6) is 0 Å². The first-order valence-electron chi connectivity index (χ1n) is 4.83. The molecule has 1 aliphatic heterocycles. The van der Waals surface area contributed by atoms with Crippen LogP contribution in [-0.2, 0) is 0 Å². The van der Waals surface area contributed by atoms with Gasteiger partial charge >= 0.3 is 0 Å². The van der Waals surface area contributed by atoms with Gasteiger partial charge in [-0.25, -0.2) is 0 Å². The second-order valence-corrected chi connectivity index (χ2v) is 3.68. The van der Waals surface area contributed by atoms with Gasteiger partial charge in [0.25, 0.3) is 0 Å². The molecule has 0 aromatic heterocycles. The largest absolute Gasteiger partial charge is 0.395 e. The Balaban J connectivity index is 1.93. The first-order valence-corrected chi connectivity index (χ1v) is 4.83. The van der Waals surface area contributed by atoms with Crippen molar-refractivity contribution in [3.8, 4) is 0 Å². The Morgan fingerprint density at radius 2 is 2.33 bits per heavy atom. The zero-order valence-electron chi connectivity index (χ0n) is 7.92. The van der Waals surface area contributed by atoms with Gasteiger partial charge in [-0.05, 0) is 38.9 Å². The summed E-state index contributed by atoms with van der Waals surface area (Å²) in [4.78, 5) is 2.39. The zero-order valence-corrected chi connectivity index (χ0v) is 7.92. The molecule has 0 aromatic carbocycles. The SMILES string of the molecule is CN1CCC(CCNCCO)C1. The molecule has 0 amide bonds. The number of aliphatic hydroxyl groups is 1. The van der Waals surface area contributed by atoms with E-state index in [-0.39, 0.29) is 6.61 Å². The number of rotatable bonds is 5. The highest BCUT2D eigenvalue weighted by Crippen LogP contribution is 2.16. The van der Waals surface area contributed by atoms with Crippen LogP contribution in [0, 0.1) is 5.92 Å². The Morgan fingerprint density at radius 3 is 2.92 bits per heavy atom. The third-order valence-electron chi connectivity index (χ3n) is 2.51. The van der Waals surface area contributed by atoms with Crippen molar-refractivity contribution in [1.29, 1.82) is 0 Å². The molecule has 0 saturated carbocycles. The molecule has 72 valence electrons. The number of hydrogen-bond donors (Lipinski definition) is 2. The maximum atomic E-state index is 8.53. The van der Waals surface area contributed by atoms with E-state index in [1.54, 1.807) is 0 Å². The Morgan fingerprint density at radius 1 is 1.50 bits per heavy atom. The molecule has 1 aliphatic rings. The first kappa shape index (κ1) is 9.96. The van der Waals surface area contributed by atoms with E-state index in [2.05, 4.69) is 17.3 Å². The molecule has 2 N–H and O–H groups in total. The molecular formula is C9H20N2O. The molecule has 0 aliphatic carbocycles. The monoisotopic (exact) mass is 172 g/mol. The molecular weight excluding hydrogens is 152 g/mol. The summed E-state index contributed by atoms with van der Waals surface area (Å²) in [6.07, 6.45) is 2.60. The lowest BCUT2D eigenvalue weighted by molar-refractivity contribution is 0.290. The molecule has 3 nitrogen and oxygen atoms in total. The fraction of sp³-hybridized carbons (Fsp3) is 1.00. The first-order chi connectivity index (χ1) is 5.83. The number of likely N-dealkylation sites (tertiary alicyclic amines) is 1. The quantitative estimate of drug-likeness (QED) is 0.569. The number of aliphatic hydroxyl groups excluding tert-OH is 1. The van der Waals surface area contributed by atoms with Crippen LogP contribution in [0.1, 0.15) is 12.8 Å². The normalized spacial score (nSPS) is 25.0. The highest BCUT2D eigenvalue weighted by molar-refractivity contribution is 4.73. The van der Waals surface area contributed by atoms with Crippen molar-refractivity contribution in [2.45, 2.75) is 12.8 Å². The van der Waals surface area contributed by atoms with Gasteiger partial charge in [0.1, 0.15) is 0 Å². The van der Waals surface area contributed by atoms with Gasteiger partial charge in [-0.15, -0.1) is 0 Å². The standard InChI is InChI=1S/C9H20N2O/c1-11-6-3-9(8-11)2-4-10-5-7-12/h9-10,12H,2-8H2,1H3.